The number of fused-ring (bicyclic) bond motifs is 1. The number of halogens is 1. The number of hydrogen-bond donors (Lipinski definition) is 1. The van der Waals surface area contributed by atoms with Gasteiger partial charge in [0.15, 0.2) is 11.5 Å². The van der Waals surface area contributed by atoms with E-state index in [1.165, 1.54) is 31.2 Å². The zero-order valence-corrected chi connectivity index (χ0v) is 13.4. The quantitative estimate of drug-likeness (QED) is 0.802. The molecule has 1 fully saturated rings. The standard InChI is InChI=1S/C16H22BrNO2/c17-14-10-12(4-1-2-7-18-13-5-6-13)11-15-16(14)20-9-3-8-19-15/h10-11,13,18H,1-9H2. The molecule has 1 heterocycles. The van der Waals surface area contributed by atoms with E-state index in [1.807, 2.05) is 0 Å². The normalized spacial score (nSPS) is 17.9. The van der Waals surface area contributed by atoms with Crippen LogP contribution in [-0.4, -0.2) is 25.8 Å². The molecule has 0 unspecified atom stereocenters. The van der Waals surface area contributed by atoms with Crippen LogP contribution in [0.3, 0.4) is 0 Å². The second-order valence-electron chi connectivity index (χ2n) is 5.64. The number of rotatable bonds is 6. The molecule has 1 saturated carbocycles. The first-order chi connectivity index (χ1) is 9.83. The summed E-state index contributed by atoms with van der Waals surface area (Å²) in [4.78, 5) is 0. The fraction of sp³-hybridized carbons (Fsp3) is 0.625. The van der Waals surface area contributed by atoms with Gasteiger partial charge in [0.05, 0.1) is 17.7 Å². The monoisotopic (exact) mass is 339 g/mol. The van der Waals surface area contributed by atoms with Crippen LogP contribution in [0, 0.1) is 0 Å². The highest BCUT2D eigenvalue weighted by Crippen LogP contribution is 2.38. The van der Waals surface area contributed by atoms with Gasteiger partial charge in [-0.2, -0.15) is 0 Å². The molecule has 0 saturated heterocycles. The van der Waals surface area contributed by atoms with Crippen LogP contribution in [0.25, 0.3) is 0 Å². The zero-order valence-electron chi connectivity index (χ0n) is 11.8. The highest BCUT2D eigenvalue weighted by atomic mass is 79.9. The Morgan fingerprint density at radius 1 is 1.15 bits per heavy atom. The Bertz CT molecular complexity index is 460. The van der Waals surface area contributed by atoms with E-state index in [0.717, 1.165) is 54.6 Å². The smallest absolute Gasteiger partial charge is 0.175 e. The van der Waals surface area contributed by atoms with Crippen molar-refractivity contribution in [2.24, 2.45) is 0 Å². The van der Waals surface area contributed by atoms with Crippen LogP contribution in [0.1, 0.15) is 37.7 Å². The van der Waals surface area contributed by atoms with Gasteiger partial charge in [0, 0.05) is 12.5 Å². The predicted octanol–water partition coefficient (Wildman–Crippen LogP) is 3.69. The van der Waals surface area contributed by atoms with E-state index >= 15 is 0 Å². The maximum atomic E-state index is 5.77. The molecule has 0 aromatic heterocycles. The Morgan fingerprint density at radius 3 is 2.85 bits per heavy atom. The SMILES string of the molecule is Brc1cc(CCCCNC2CC2)cc2c1OCCCO2. The number of nitrogens with one attached hydrogen (secondary N) is 1. The molecule has 0 atom stereocenters. The van der Waals surface area contributed by atoms with Crippen LogP contribution in [0.5, 0.6) is 11.5 Å². The average molecular weight is 340 g/mol. The maximum Gasteiger partial charge on any atom is 0.175 e. The fourth-order valence-corrected chi connectivity index (χ4v) is 3.08. The summed E-state index contributed by atoms with van der Waals surface area (Å²) in [6.45, 7) is 2.63. The lowest BCUT2D eigenvalue weighted by Crippen LogP contribution is -2.17. The van der Waals surface area contributed by atoms with Crippen LogP contribution in [0.4, 0.5) is 0 Å². The molecule has 0 bridgehead atoms. The Hall–Kier alpha value is -0.740. The molecule has 0 amide bonds. The van der Waals surface area contributed by atoms with Gasteiger partial charge in [0.1, 0.15) is 0 Å². The molecule has 1 aromatic carbocycles. The van der Waals surface area contributed by atoms with Crippen molar-refractivity contribution in [1.82, 2.24) is 5.32 Å². The van der Waals surface area contributed by atoms with Gasteiger partial charge in [-0.3, -0.25) is 0 Å². The van der Waals surface area contributed by atoms with E-state index in [2.05, 4.69) is 33.4 Å². The first-order valence-electron chi connectivity index (χ1n) is 7.64. The second-order valence-corrected chi connectivity index (χ2v) is 6.50. The minimum Gasteiger partial charge on any atom is -0.490 e. The van der Waals surface area contributed by atoms with Crippen molar-refractivity contribution in [3.05, 3.63) is 22.2 Å². The van der Waals surface area contributed by atoms with Gasteiger partial charge < -0.3 is 14.8 Å². The largest absolute Gasteiger partial charge is 0.490 e. The van der Waals surface area contributed by atoms with Crippen molar-refractivity contribution >= 4 is 15.9 Å². The molecule has 110 valence electrons. The van der Waals surface area contributed by atoms with E-state index in [4.69, 9.17) is 9.47 Å². The number of benzene rings is 1. The molecular formula is C16H22BrNO2. The van der Waals surface area contributed by atoms with Gasteiger partial charge in [-0.1, -0.05) is 0 Å². The zero-order chi connectivity index (χ0) is 13.8. The van der Waals surface area contributed by atoms with Gasteiger partial charge in [-0.05, 0) is 72.3 Å². The molecule has 0 spiro atoms. The van der Waals surface area contributed by atoms with E-state index < -0.39 is 0 Å². The first-order valence-corrected chi connectivity index (χ1v) is 8.43. The number of aryl methyl sites for hydroxylation is 1. The lowest BCUT2D eigenvalue weighted by molar-refractivity contribution is 0.296. The molecule has 0 radical (unpaired) electrons. The Kier molecular flexibility index (Phi) is 4.84. The summed E-state index contributed by atoms with van der Waals surface area (Å²) in [6, 6.07) is 5.13. The van der Waals surface area contributed by atoms with Crippen LogP contribution in [-0.2, 0) is 6.42 Å². The van der Waals surface area contributed by atoms with E-state index in [1.54, 1.807) is 0 Å². The predicted molar refractivity (Wildman–Crippen MR) is 83.7 cm³/mol. The van der Waals surface area contributed by atoms with Crippen LogP contribution in [0.15, 0.2) is 16.6 Å². The third kappa shape index (κ3) is 3.89. The highest BCUT2D eigenvalue weighted by Gasteiger charge is 2.19. The number of ether oxygens (including phenoxy) is 2. The van der Waals surface area contributed by atoms with Crippen molar-refractivity contribution in [2.45, 2.75) is 44.6 Å². The Balaban J connectivity index is 1.53. The van der Waals surface area contributed by atoms with Gasteiger partial charge in [0.25, 0.3) is 0 Å². The van der Waals surface area contributed by atoms with Crippen molar-refractivity contribution in [3.63, 3.8) is 0 Å². The topological polar surface area (TPSA) is 30.5 Å². The summed E-state index contributed by atoms with van der Waals surface area (Å²) >= 11 is 3.60. The molecule has 1 N–H and O–H groups in total. The maximum absolute atomic E-state index is 5.77. The van der Waals surface area contributed by atoms with E-state index in [0.29, 0.717) is 0 Å². The van der Waals surface area contributed by atoms with Crippen molar-refractivity contribution in [2.75, 3.05) is 19.8 Å². The molecule has 3 nitrogen and oxygen atoms in total. The van der Waals surface area contributed by atoms with Crippen molar-refractivity contribution in [1.29, 1.82) is 0 Å². The molecule has 4 heteroatoms. The second kappa shape index (κ2) is 6.81. The van der Waals surface area contributed by atoms with Gasteiger partial charge in [-0.15, -0.1) is 0 Å². The first kappa shape index (κ1) is 14.2. The summed E-state index contributed by atoms with van der Waals surface area (Å²) in [5.74, 6) is 1.75. The highest BCUT2D eigenvalue weighted by molar-refractivity contribution is 9.10. The number of hydrogen-bond acceptors (Lipinski definition) is 3. The van der Waals surface area contributed by atoms with Crippen molar-refractivity contribution in [3.8, 4) is 11.5 Å². The summed E-state index contributed by atoms with van der Waals surface area (Å²) < 4.78 is 12.5. The lowest BCUT2D eigenvalue weighted by atomic mass is 10.1. The molecule has 20 heavy (non-hydrogen) atoms. The molecule has 1 aromatic rings. The molecule has 3 rings (SSSR count). The molecule has 1 aliphatic carbocycles. The van der Waals surface area contributed by atoms with Crippen LogP contribution < -0.4 is 14.8 Å². The van der Waals surface area contributed by atoms with E-state index in [9.17, 15) is 0 Å². The van der Waals surface area contributed by atoms with Crippen molar-refractivity contribution < 1.29 is 9.47 Å². The summed E-state index contributed by atoms with van der Waals surface area (Å²) in [5.41, 5.74) is 1.33. The number of unbranched alkanes of at least 4 members (excludes halogenated alkanes) is 1. The average Bonchev–Trinajstić information content (AvgIpc) is 3.24. The van der Waals surface area contributed by atoms with Crippen LogP contribution >= 0.6 is 15.9 Å². The van der Waals surface area contributed by atoms with Gasteiger partial charge >= 0.3 is 0 Å². The third-order valence-corrected chi connectivity index (χ3v) is 4.35. The summed E-state index contributed by atoms with van der Waals surface area (Å²) in [6.07, 6.45) is 7.24. The summed E-state index contributed by atoms with van der Waals surface area (Å²) in [5, 5.41) is 3.56. The minimum atomic E-state index is 0.734. The summed E-state index contributed by atoms with van der Waals surface area (Å²) in [7, 11) is 0. The van der Waals surface area contributed by atoms with Crippen LogP contribution in [0.2, 0.25) is 0 Å². The lowest BCUT2D eigenvalue weighted by Gasteiger charge is -2.12. The Morgan fingerprint density at radius 2 is 2.00 bits per heavy atom. The molecule has 2 aliphatic rings. The Labute approximate surface area is 129 Å². The van der Waals surface area contributed by atoms with Gasteiger partial charge in [-0.25, -0.2) is 0 Å². The fourth-order valence-electron chi connectivity index (χ4n) is 2.48. The third-order valence-electron chi connectivity index (χ3n) is 3.76. The van der Waals surface area contributed by atoms with Gasteiger partial charge in [0.2, 0.25) is 0 Å². The molecular weight excluding hydrogens is 318 g/mol. The van der Waals surface area contributed by atoms with E-state index in [-0.39, 0.29) is 0 Å². The minimum absolute atomic E-state index is 0.734. The molecule has 1 aliphatic heterocycles.